The number of fused-ring (bicyclic) bond motifs is 1. The Bertz CT molecular complexity index is 832. The lowest BCUT2D eigenvalue weighted by Crippen LogP contribution is -2.41. The summed E-state index contributed by atoms with van der Waals surface area (Å²) in [6, 6.07) is 11.6. The number of carbonyl (C=O) groups excluding carboxylic acids is 2. The van der Waals surface area contributed by atoms with Crippen LogP contribution in [-0.4, -0.2) is 42.2 Å². The van der Waals surface area contributed by atoms with E-state index >= 15 is 0 Å². The third kappa shape index (κ3) is 4.72. The average Bonchev–Trinajstić information content (AvgIpc) is 2.73. The van der Waals surface area contributed by atoms with Crippen molar-refractivity contribution in [3.8, 4) is 5.75 Å². The molecule has 0 saturated carbocycles. The first-order chi connectivity index (χ1) is 13.6. The number of nitrogens with one attached hydrogen (secondary N) is 2. The maximum absolute atomic E-state index is 12.7. The molecular weight excluding hydrogens is 358 g/mol. The van der Waals surface area contributed by atoms with Crippen molar-refractivity contribution in [2.75, 3.05) is 25.5 Å². The van der Waals surface area contributed by atoms with Gasteiger partial charge in [-0.1, -0.05) is 30.3 Å². The number of hydrogen-bond donors (Lipinski definition) is 3. The predicted octanol–water partition coefficient (Wildman–Crippen LogP) is 3.77. The lowest BCUT2D eigenvalue weighted by Gasteiger charge is -2.32. The first-order valence-corrected chi connectivity index (χ1v) is 9.67. The first-order valence-electron chi connectivity index (χ1n) is 9.67. The largest absolute Gasteiger partial charge is 0.494 e. The minimum atomic E-state index is -0.346. The molecule has 2 aromatic rings. The first kappa shape index (κ1) is 19.9. The molecule has 3 rings (SSSR count). The fourth-order valence-corrected chi connectivity index (χ4v) is 3.79. The van der Waals surface area contributed by atoms with Crippen LogP contribution in [0.3, 0.4) is 0 Å². The third-order valence-corrected chi connectivity index (χ3v) is 5.37. The molecule has 0 atom stereocenters. The molecule has 28 heavy (non-hydrogen) atoms. The van der Waals surface area contributed by atoms with Gasteiger partial charge in [0.25, 0.3) is 0 Å². The van der Waals surface area contributed by atoms with Crippen LogP contribution in [0.4, 0.5) is 10.5 Å². The van der Waals surface area contributed by atoms with Crippen LogP contribution in [-0.2, 0) is 4.79 Å². The van der Waals surface area contributed by atoms with E-state index in [1.54, 1.807) is 12.6 Å². The van der Waals surface area contributed by atoms with E-state index in [0.717, 1.165) is 36.5 Å². The zero-order chi connectivity index (χ0) is 19.9. The van der Waals surface area contributed by atoms with E-state index < -0.39 is 0 Å². The molecule has 2 aromatic carbocycles. The Hall–Kier alpha value is -2.80. The van der Waals surface area contributed by atoms with Crippen molar-refractivity contribution in [2.45, 2.75) is 32.1 Å². The highest BCUT2D eigenvalue weighted by atomic mass is 16.5. The molecule has 1 aliphatic rings. The van der Waals surface area contributed by atoms with Gasteiger partial charge in [-0.25, -0.2) is 10.3 Å². The van der Waals surface area contributed by atoms with E-state index in [-0.39, 0.29) is 11.9 Å². The van der Waals surface area contributed by atoms with Gasteiger partial charge in [-0.15, -0.1) is 0 Å². The quantitative estimate of drug-likeness (QED) is 0.521. The Morgan fingerprint density at radius 3 is 2.64 bits per heavy atom. The van der Waals surface area contributed by atoms with Crippen molar-refractivity contribution in [1.82, 2.24) is 10.4 Å². The van der Waals surface area contributed by atoms with Gasteiger partial charge in [0.15, 0.2) is 0 Å². The van der Waals surface area contributed by atoms with Gasteiger partial charge >= 0.3 is 6.03 Å². The topological polar surface area (TPSA) is 90.9 Å². The van der Waals surface area contributed by atoms with E-state index in [4.69, 9.17) is 9.94 Å². The third-order valence-electron chi connectivity index (χ3n) is 5.37. The van der Waals surface area contributed by atoms with Gasteiger partial charge in [0, 0.05) is 24.9 Å². The highest BCUT2D eigenvalue weighted by Crippen LogP contribution is 2.34. The summed E-state index contributed by atoms with van der Waals surface area (Å²) in [7, 11) is 1.61. The van der Waals surface area contributed by atoms with Gasteiger partial charge in [0.05, 0.1) is 12.8 Å². The molecule has 0 aliphatic carbocycles. The lowest BCUT2D eigenvalue weighted by molar-refractivity contribution is -0.129. The fraction of sp³-hybridized carbons (Fsp3) is 0.429. The van der Waals surface area contributed by atoms with Crippen molar-refractivity contribution in [3.63, 3.8) is 0 Å². The molecule has 0 bridgehead atoms. The SMILES string of the molecule is COc1c(NC(=O)N2CCC(CCCC(=O)NO)CC2)ccc2ccccc12. The summed E-state index contributed by atoms with van der Waals surface area (Å²) < 4.78 is 5.55. The number of anilines is 1. The smallest absolute Gasteiger partial charge is 0.321 e. The van der Waals surface area contributed by atoms with Crippen molar-refractivity contribution in [3.05, 3.63) is 36.4 Å². The number of hydroxylamine groups is 1. The monoisotopic (exact) mass is 385 g/mol. The summed E-state index contributed by atoms with van der Waals surface area (Å²) >= 11 is 0. The molecule has 3 amide bonds. The number of urea groups is 1. The zero-order valence-electron chi connectivity index (χ0n) is 16.1. The molecule has 0 unspecified atom stereocenters. The number of nitrogens with zero attached hydrogens (tertiary/aromatic N) is 1. The number of piperidine rings is 1. The summed E-state index contributed by atoms with van der Waals surface area (Å²) in [4.78, 5) is 25.6. The average molecular weight is 385 g/mol. The van der Waals surface area contributed by atoms with E-state index in [1.807, 2.05) is 41.3 Å². The Labute approximate surface area is 164 Å². The molecule has 0 aromatic heterocycles. The summed E-state index contributed by atoms with van der Waals surface area (Å²) in [6.07, 6.45) is 3.85. The number of rotatable bonds is 6. The Kier molecular flexibility index (Phi) is 6.71. The highest BCUT2D eigenvalue weighted by molar-refractivity contribution is 5.99. The number of hydrogen-bond acceptors (Lipinski definition) is 4. The van der Waals surface area contributed by atoms with Crippen molar-refractivity contribution < 1.29 is 19.5 Å². The Morgan fingerprint density at radius 1 is 1.18 bits per heavy atom. The standard InChI is InChI=1S/C21H27N3O4/c1-28-20-17-7-3-2-6-16(17)9-10-18(20)22-21(26)24-13-11-15(12-14-24)5-4-8-19(25)23-27/h2-3,6-7,9-10,15,27H,4-5,8,11-14H2,1H3,(H,22,26)(H,23,25). The molecule has 1 fully saturated rings. The molecule has 0 radical (unpaired) electrons. The zero-order valence-corrected chi connectivity index (χ0v) is 16.1. The van der Waals surface area contributed by atoms with Crippen LogP contribution in [0.2, 0.25) is 0 Å². The van der Waals surface area contributed by atoms with Crippen LogP contribution in [0.5, 0.6) is 5.75 Å². The maximum Gasteiger partial charge on any atom is 0.321 e. The minimum absolute atomic E-state index is 0.119. The summed E-state index contributed by atoms with van der Waals surface area (Å²) in [5, 5.41) is 13.5. The molecule has 1 saturated heterocycles. The molecule has 7 nitrogen and oxygen atoms in total. The van der Waals surface area contributed by atoms with Gasteiger partial charge in [-0.2, -0.15) is 0 Å². The number of methoxy groups -OCH3 is 1. The van der Waals surface area contributed by atoms with E-state index in [9.17, 15) is 9.59 Å². The molecule has 1 aliphatic heterocycles. The second-order valence-electron chi connectivity index (χ2n) is 7.16. The van der Waals surface area contributed by atoms with Crippen LogP contribution in [0.15, 0.2) is 36.4 Å². The van der Waals surface area contributed by atoms with Gasteiger partial charge in [-0.05, 0) is 43.1 Å². The predicted molar refractivity (Wildman–Crippen MR) is 108 cm³/mol. The number of benzene rings is 2. The Balaban J connectivity index is 1.55. The molecule has 0 spiro atoms. The van der Waals surface area contributed by atoms with E-state index in [1.165, 1.54) is 0 Å². The summed E-state index contributed by atoms with van der Waals surface area (Å²) in [5.74, 6) is 0.829. The lowest BCUT2D eigenvalue weighted by atomic mass is 9.91. The number of likely N-dealkylation sites (tertiary alicyclic amines) is 1. The maximum atomic E-state index is 12.7. The second kappa shape index (κ2) is 9.41. The summed E-state index contributed by atoms with van der Waals surface area (Å²) in [6.45, 7) is 1.39. The van der Waals surface area contributed by atoms with Gasteiger partial charge in [0.1, 0.15) is 5.75 Å². The van der Waals surface area contributed by atoms with Crippen LogP contribution in [0.25, 0.3) is 10.8 Å². The van der Waals surface area contributed by atoms with Crippen molar-refractivity contribution >= 4 is 28.4 Å². The number of carbonyl (C=O) groups is 2. The number of amides is 3. The fourth-order valence-electron chi connectivity index (χ4n) is 3.79. The van der Waals surface area contributed by atoms with E-state index in [0.29, 0.717) is 36.9 Å². The van der Waals surface area contributed by atoms with Gasteiger partial charge in [-0.3, -0.25) is 10.0 Å². The normalized spacial score (nSPS) is 14.7. The second-order valence-corrected chi connectivity index (χ2v) is 7.16. The summed E-state index contributed by atoms with van der Waals surface area (Å²) in [5.41, 5.74) is 2.33. The van der Waals surface area contributed by atoms with Crippen LogP contribution in [0, 0.1) is 5.92 Å². The Morgan fingerprint density at radius 2 is 1.93 bits per heavy atom. The van der Waals surface area contributed by atoms with Crippen LogP contribution >= 0.6 is 0 Å². The molecule has 150 valence electrons. The van der Waals surface area contributed by atoms with Crippen LogP contribution < -0.4 is 15.5 Å². The van der Waals surface area contributed by atoms with E-state index in [2.05, 4.69) is 5.32 Å². The van der Waals surface area contributed by atoms with Crippen molar-refractivity contribution in [1.29, 1.82) is 0 Å². The molecule has 7 heteroatoms. The number of ether oxygens (including phenoxy) is 1. The highest BCUT2D eigenvalue weighted by Gasteiger charge is 2.23. The minimum Gasteiger partial charge on any atom is -0.494 e. The molecule has 1 heterocycles. The van der Waals surface area contributed by atoms with Gasteiger partial charge in [0.2, 0.25) is 5.91 Å². The molecular formula is C21H27N3O4. The van der Waals surface area contributed by atoms with Gasteiger partial charge < -0.3 is 15.0 Å². The van der Waals surface area contributed by atoms with Crippen LogP contribution in [0.1, 0.15) is 32.1 Å². The van der Waals surface area contributed by atoms with Crippen molar-refractivity contribution in [2.24, 2.45) is 5.92 Å². The molecule has 3 N–H and O–H groups in total.